The Bertz CT molecular complexity index is 653. The van der Waals surface area contributed by atoms with E-state index in [0.29, 0.717) is 16.8 Å². The molecule has 5 heteroatoms. The fourth-order valence-electron chi connectivity index (χ4n) is 1.91. The Hall–Kier alpha value is -2.27. The number of nitrogens with one attached hydrogen (secondary N) is 1. The molecule has 0 radical (unpaired) electrons. The molecule has 0 aliphatic heterocycles. The lowest BCUT2D eigenvalue weighted by Gasteiger charge is -2.09. The number of carbonyl (C=O) groups excluding carboxylic acids is 1. The van der Waals surface area contributed by atoms with Gasteiger partial charge >= 0.3 is 5.97 Å². The van der Waals surface area contributed by atoms with Gasteiger partial charge in [0.2, 0.25) is 0 Å². The first-order valence-electron chi connectivity index (χ1n) is 6.35. The van der Waals surface area contributed by atoms with Crippen LogP contribution in [0.4, 0.5) is 5.69 Å². The topological polar surface area (TPSA) is 66.4 Å². The van der Waals surface area contributed by atoms with Gasteiger partial charge in [-0.05, 0) is 36.1 Å². The summed E-state index contributed by atoms with van der Waals surface area (Å²) in [5.74, 6) is -1.05. The molecule has 2 aromatic carbocycles. The lowest BCUT2D eigenvalue weighted by atomic mass is 10.1. The fraction of sp³-hybridized carbons (Fsp3) is 0.125. The van der Waals surface area contributed by atoms with Crippen LogP contribution in [0.1, 0.15) is 15.9 Å². The van der Waals surface area contributed by atoms with Gasteiger partial charge in [-0.3, -0.25) is 9.59 Å². The van der Waals surface area contributed by atoms with E-state index >= 15 is 0 Å². The second-order valence-electron chi connectivity index (χ2n) is 4.42. The van der Waals surface area contributed by atoms with E-state index in [0.717, 1.165) is 4.90 Å². The van der Waals surface area contributed by atoms with Crippen molar-refractivity contribution in [1.82, 2.24) is 0 Å². The highest BCUT2D eigenvalue weighted by atomic mass is 32.2. The Kier molecular flexibility index (Phi) is 5.00. The fourth-order valence-corrected chi connectivity index (χ4v) is 2.51. The van der Waals surface area contributed by atoms with Gasteiger partial charge in [0.25, 0.3) is 5.91 Å². The summed E-state index contributed by atoms with van der Waals surface area (Å²) in [6.07, 6.45) is 1.90. The lowest BCUT2D eigenvalue weighted by molar-refractivity contribution is -0.136. The van der Waals surface area contributed by atoms with Crippen LogP contribution in [0.5, 0.6) is 0 Å². The molecule has 2 N–H and O–H groups in total. The molecule has 0 unspecified atom stereocenters. The van der Waals surface area contributed by atoms with Crippen molar-refractivity contribution in [2.45, 2.75) is 11.3 Å². The Morgan fingerprint density at radius 3 is 2.38 bits per heavy atom. The molecule has 0 saturated carbocycles. The van der Waals surface area contributed by atoms with Crippen molar-refractivity contribution >= 4 is 29.3 Å². The van der Waals surface area contributed by atoms with Crippen LogP contribution in [0, 0.1) is 0 Å². The number of thioether (sulfide) groups is 1. The number of carbonyl (C=O) groups is 2. The molecule has 0 saturated heterocycles. The Morgan fingerprint density at radius 2 is 1.76 bits per heavy atom. The van der Waals surface area contributed by atoms with Gasteiger partial charge in [0, 0.05) is 10.6 Å². The summed E-state index contributed by atoms with van der Waals surface area (Å²) >= 11 is 1.52. The first kappa shape index (κ1) is 15.1. The number of anilines is 1. The molecule has 2 rings (SSSR count). The van der Waals surface area contributed by atoms with E-state index < -0.39 is 5.97 Å². The van der Waals surface area contributed by atoms with Gasteiger partial charge in [0.1, 0.15) is 0 Å². The average molecular weight is 301 g/mol. The van der Waals surface area contributed by atoms with Crippen LogP contribution in [-0.2, 0) is 11.2 Å². The van der Waals surface area contributed by atoms with Crippen molar-refractivity contribution in [2.75, 3.05) is 11.6 Å². The third-order valence-corrected chi connectivity index (χ3v) is 3.71. The smallest absolute Gasteiger partial charge is 0.307 e. The van der Waals surface area contributed by atoms with Crippen LogP contribution in [0.2, 0.25) is 0 Å². The molecule has 0 spiro atoms. The molecule has 2 aromatic rings. The number of hydrogen-bond acceptors (Lipinski definition) is 3. The van der Waals surface area contributed by atoms with Crippen molar-refractivity contribution in [3.63, 3.8) is 0 Å². The Balaban J connectivity index is 2.10. The van der Waals surface area contributed by atoms with Gasteiger partial charge in [-0.2, -0.15) is 0 Å². The van der Waals surface area contributed by atoms with Gasteiger partial charge in [-0.1, -0.05) is 24.3 Å². The molecular weight excluding hydrogens is 286 g/mol. The first-order valence-corrected chi connectivity index (χ1v) is 7.57. The number of carboxylic acid groups (broad SMARTS) is 1. The zero-order valence-electron chi connectivity index (χ0n) is 11.5. The van der Waals surface area contributed by atoms with Gasteiger partial charge in [-0.15, -0.1) is 11.8 Å². The number of amides is 1. The summed E-state index contributed by atoms with van der Waals surface area (Å²) < 4.78 is 0. The second-order valence-corrected chi connectivity index (χ2v) is 5.27. The maximum absolute atomic E-state index is 12.2. The Morgan fingerprint density at radius 1 is 1.10 bits per heavy atom. The van der Waals surface area contributed by atoms with E-state index in [-0.39, 0.29) is 12.3 Å². The number of benzene rings is 2. The minimum Gasteiger partial charge on any atom is -0.481 e. The summed E-state index contributed by atoms with van der Waals surface area (Å²) in [6, 6.07) is 14.2. The van der Waals surface area contributed by atoms with E-state index in [1.165, 1.54) is 11.8 Å². The monoisotopic (exact) mass is 301 g/mol. The number of rotatable bonds is 5. The predicted octanol–water partition coefficient (Wildman–Crippen LogP) is 3.29. The summed E-state index contributed by atoms with van der Waals surface area (Å²) in [5.41, 5.74) is 1.97. The Labute approximate surface area is 127 Å². The number of hydrogen-bond donors (Lipinski definition) is 2. The number of carboxylic acids is 1. The maximum atomic E-state index is 12.2. The zero-order chi connectivity index (χ0) is 15.2. The minimum atomic E-state index is -0.874. The quantitative estimate of drug-likeness (QED) is 0.832. The van der Waals surface area contributed by atoms with Crippen LogP contribution in [0.15, 0.2) is 53.4 Å². The molecule has 0 fully saturated rings. The van der Waals surface area contributed by atoms with Crippen molar-refractivity contribution < 1.29 is 14.7 Å². The highest BCUT2D eigenvalue weighted by molar-refractivity contribution is 7.98. The standard InChI is InChI=1S/C16H15NO3S/c1-21-14-5-3-2-4-13(14)16(20)17-12-8-6-11(7-9-12)10-15(18)19/h2-9H,10H2,1H3,(H,17,20)(H,18,19). The van der Waals surface area contributed by atoms with E-state index in [2.05, 4.69) is 5.32 Å². The molecule has 108 valence electrons. The van der Waals surface area contributed by atoms with Crippen LogP contribution < -0.4 is 5.32 Å². The summed E-state index contributed by atoms with van der Waals surface area (Å²) in [5, 5.41) is 11.5. The summed E-state index contributed by atoms with van der Waals surface area (Å²) in [7, 11) is 0. The molecule has 4 nitrogen and oxygen atoms in total. The van der Waals surface area contributed by atoms with Crippen molar-refractivity contribution in [3.8, 4) is 0 Å². The third-order valence-electron chi connectivity index (χ3n) is 2.92. The van der Waals surface area contributed by atoms with E-state index in [1.807, 2.05) is 24.5 Å². The highest BCUT2D eigenvalue weighted by Gasteiger charge is 2.10. The minimum absolute atomic E-state index is 0.0243. The molecule has 0 heterocycles. The van der Waals surface area contributed by atoms with Crippen molar-refractivity contribution in [3.05, 3.63) is 59.7 Å². The molecule has 21 heavy (non-hydrogen) atoms. The molecule has 0 bridgehead atoms. The first-order chi connectivity index (χ1) is 10.1. The normalized spacial score (nSPS) is 10.1. The van der Waals surface area contributed by atoms with E-state index in [4.69, 9.17) is 5.11 Å². The van der Waals surface area contributed by atoms with Crippen molar-refractivity contribution in [1.29, 1.82) is 0 Å². The molecule has 0 aromatic heterocycles. The van der Waals surface area contributed by atoms with Crippen LogP contribution >= 0.6 is 11.8 Å². The molecular formula is C16H15NO3S. The van der Waals surface area contributed by atoms with E-state index in [1.54, 1.807) is 30.3 Å². The van der Waals surface area contributed by atoms with Crippen LogP contribution in [0.25, 0.3) is 0 Å². The third kappa shape index (κ3) is 4.10. The zero-order valence-corrected chi connectivity index (χ0v) is 12.3. The maximum Gasteiger partial charge on any atom is 0.307 e. The van der Waals surface area contributed by atoms with Crippen LogP contribution in [-0.4, -0.2) is 23.2 Å². The SMILES string of the molecule is CSc1ccccc1C(=O)Nc1ccc(CC(=O)O)cc1. The molecule has 0 aliphatic rings. The predicted molar refractivity (Wildman–Crippen MR) is 84.0 cm³/mol. The van der Waals surface area contributed by atoms with Crippen molar-refractivity contribution in [2.24, 2.45) is 0 Å². The number of aliphatic carboxylic acids is 1. The molecule has 0 atom stereocenters. The summed E-state index contributed by atoms with van der Waals surface area (Å²) in [6.45, 7) is 0. The summed E-state index contributed by atoms with van der Waals surface area (Å²) in [4.78, 5) is 23.8. The lowest BCUT2D eigenvalue weighted by Crippen LogP contribution is -2.13. The molecule has 1 amide bonds. The van der Waals surface area contributed by atoms with E-state index in [9.17, 15) is 9.59 Å². The van der Waals surface area contributed by atoms with Gasteiger partial charge in [-0.25, -0.2) is 0 Å². The second kappa shape index (κ2) is 6.95. The highest BCUT2D eigenvalue weighted by Crippen LogP contribution is 2.21. The average Bonchev–Trinajstić information content (AvgIpc) is 2.48. The largest absolute Gasteiger partial charge is 0.481 e. The molecule has 0 aliphatic carbocycles. The van der Waals surface area contributed by atoms with Crippen LogP contribution in [0.3, 0.4) is 0 Å². The van der Waals surface area contributed by atoms with Gasteiger partial charge < -0.3 is 10.4 Å². The van der Waals surface area contributed by atoms with Gasteiger partial charge in [0.05, 0.1) is 12.0 Å². The van der Waals surface area contributed by atoms with Gasteiger partial charge in [0.15, 0.2) is 0 Å².